The third kappa shape index (κ3) is 3.77. The molecule has 0 saturated heterocycles. The molecule has 35 heavy (non-hydrogen) atoms. The number of benzene rings is 3. The van der Waals surface area contributed by atoms with Crippen molar-refractivity contribution in [3.63, 3.8) is 0 Å². The van der Waals surface area contributed by atoms with E-state index in [2.05, 4.69) is 11.2 Å². The van der Waals surface area contributed by atoms with Crippen LogP contribution in [0.25, 0.3) is 22.0 Å². The van der Waals surface area contributed by atoms with Crippen LogP contribution in [-0.2, 0) is 23.0 Å². The van der Waals surface area contributed by atoms with Gasteiger partial charge in [0, 0.05) is 23.6 Å². The summed E-state index contributed by atoms with van der Waals surface area (Å²) in [5.74, 6) is 0.534. The minimum Gasteiger partial charge on any atom is -0.486 e. The lowest BCUT2D eigenvalue weighted by atomic mass is 9.95. The molecule has 6 heteroatoms. The number of aryl methyl sites for hydroxylation is 1. The third-order valence-electron chi connectivity index (χ3n) is 7.30. The lowest BCUT2D eigenvalue weighted by Crippen LogP contribution is -2.07. The Morgan fingerprint density at radius 3 is 2.74 bits per heavy atom. The van der Waals surface area contributed by atoms with Crippen molar-refractivity contribution in [2.45, 2.75) is 38.2 Å². The zero-order chi connectivity index (χ0) is 24.1. The molecule has 2 aliphatic carbocycles. The van der Waals surface area contributed by atoms with Gasteiger partial charge in [-0.05, 0) is 67.0 Å². The highest BCUT2D eigenvalue weighted by atomic mass is 19.1. The largest absolute Gasteiger partial charge is 0.486 e. The molecule has 0 unspecified atom stereocenters. The van der Waals surface area contributed by atoms with E-state index in [9.17, 15) is 4.79 Å². The summed E-state index contributed by atoms with van der Waals surface area (Å²) in [6.07, 6.45) is 3.82. The topological polar surface area (TPSA) is 53.4 Å². The first-order chi connectivity index (χ1) is 17.0. The van der Waals surface area contributed by atoms with Crippen molar-refractivity contribution in [1.29, 1.82) is 0 Å². The molecule has 0 spiro atoms. The van der Waals surface area contributed by atoms with Crippen LogP contribution < -0.4 is 4.74 Å². The zero-order valence-electron chi connectivity index (χ0n) is 19.8. The van der Waals surface area contributed by atoms with E-state index in [1.165, 1.54) is 0 Å². The standard InChI is InChI=1S/C29H27FN2O3/c1-3-34-29(33)24-15-23(24)17-7-9-19(10-8-17)35-26-14-12-21-20(11-13-25(30)27(21)26)22-6-4-5-18-16-31-32(2)28(18)22/h4-11,13,16,23-24,26H,3,12,14-15H2,1-2H3/t23-,24+,26-/m1/s1. The number of ether oxygens (including phenoxy) is 2. The number of carbonyl (C=O) groups excluding carboxylic acids is 1. The summed E-state index contributed by atoms with van der Waals surface area (Å²) >= 11 is 0. The molecular formula is C29H27FN2O3. The number of hydrogen-bond acceptors (Lipinski definition) is 4. The highest BCUT2D eigenvalue weighted by Gasteiger charge is 2.45. The van der Waals surface area contributed by atoms with Crippen LogP contribution in [0, 0.1) is 11.7 Å². The lowest BCUT2D eigenvalue weighted by Gasteiger charge is -2.17. The number of hydrogen-bond donors (Lipinski definition) is 0. The fourth-order valence-corrected chi connectivity index (χ4v) is 5.53. The molecule has 6 rings (SSSR count). The second-order valence-corrected chi connectivity index (χ2v) is 9.41. The maximum atomic E-state index is 15.1. The Morgan fingerprint density at radius 1 is 1.11 bits per heavy atom. The predicted molar refractivity (Wildman–Crippen MR) is 132 cm³/mol. The van der Waals surface area contributed by atoms with Gasteiger partial charge >= 0.3 is 5.97 Å². The minimum atomic E-state index is -0.338. The quantitative estimate of drug-likeness (QED) is 0.319. The predicted octanol–water partition coefficient (Wildman–Crippen LogP) is 6.11. The lowest BCUT2D eigenvalue weighted by molar-refractivity contribution is -0.144. The summed E-state index contributed by atoms with van der Waals surface area (Å²) in [4.78, 5) is 12.0. The van der Waals surface area contributed by atoms with Crippen molar-refractivity contribution in [3.05, 3.63) is 83.3 Å². The van der Waals surface area contributed by atoms with Gasteiger partial charge < -0.3 is 9.47 Å². The molecule has 3 aromatic carbocycles. The molecule has 1 aromatic heterocycles. The van der Waals surface area contributed by atoms with Gasteiger partial charge in [0.2, 0.25) is 0 Å². The average Bonchev–Trinajstić information content (AvgIpc) is 3.42. The van der Waals surface area contributed by atoms with Gasteiger partial charge in [-0.1, -0.05) is 36.4 Å². The molecule has 0 aliphatic heterocycles. The van der Waals surface area contributed by atoms with E-state index < -0.39 is 0 Å². The minimum absolute atomic E-state index is 0.0418. The van der Waals surface area contributed by atoms with Gasteiger partial charge in [-0.15, -0.1) is 0 Å². The Bertz CT molecular complexity index is 1430. The Kier molecular flexibility index (Phi) is 5.32. The van der Waals surface area contributed by atoms with E-state index >= 15 is 4.39 Å². The van der Waals surface area contributed by atoms with Gasteiger partial charge in [-0.3, -0.25) is 9.48 Å². The number of fused-ring (bicyclic) bond motifs is 2. The molecule has 1 heterocycles. The molecule has 0 amide bonds. The number of para-hydroxylation sites is 1. The molecule has 178 valence electrons. The SMILES string of the molecule is CCOC(=O)[C@H]1C[C@@H]1c1ccc(O[C@@H]2CCc3c(-c4cccc5cnn(C)c45)ccc(F)c32)cc1. The van der Waals surface area contributed by atoms with Gasteiger partial charge in [0.05, 0.1) is 24.2 Å². The Morgan fingerprint density at radius 2 is 1.94 bits per heavy atom. The summed E-state index contributed by atoms with van der Waals surface area (Å²) in [6.45, 7) is 2.24. The highest BCUT2D eigenvalue weighted by molar-refractivity contribution is 5.95. The molecule has 0 N–H and O–H groups in total. The van der Waals surface area contributed by atoms with Crippen molar-refractivity contribution < 1.29 is 18.7 Å². The van der Waals surface area contributed by atoms with Crippen molar-refractivity contribution in [1.82, 2.24) is 9.78 Å². The van der Waals surface area contributed by atoms with Crippen molar-refractivity contribution >= 4 is 16.9 Å². The van der Waals surface area contributed by atoms with Crippen molar-refractivity contribution in [2.75, 3.05) is 6.61 Å². The summed E-state index contributed by atoms with van der Waals surface area (Å²) in [5, 5.41) is 5.47. The van der Waals surface area contributed by atoms with E-state index in [-0.39, 0.29) is 29.7 Å². The van der Waals surface area contributed by atoms with Crippen LogP contribution in [0.4, 0.5) is 4.39 Å². The van der Waals surface area contributed by atoms with Gasteiger partial charge in [-0.2, -0.15) is 5.10 Å². The first-order valence-electron chi connectivity index (χ1n) is 12.2. The van der Waals surface area contributed by atoms with Gasteiger partial charge in [-0.25, -0.2) is 4.39 Å². The van der Waals surface area contributed by atoms with E-state index in [0.29, 0.717) is 17.9 Å². The second-order valence-electron chi connectivity index (χ2n) is 9.41. The molecule has 1 saturated carbocycles. The Hall–Kier alpha value is -3.67. The van der Waals surface area contributed by atoms with E-state index in [1.54, 1.807) is 6.07 Å². The first kappa shape index (κ1) is 21.8. The van der Waals surface area contributed by atoms with Crippen LogP contribution in [0.3, 0.4) is 0 Å². The molecular weight excluding hydrogens is 443 g/mol. The molecule has 0 bridgehead atoms. The molecule has 0 radical (unpaired) electrons. The maximum Gasteiger partial charge on any atom is 0.309 e. The number of carbonyl (C=O) groups is 1. The monoisotopic (exact) mass is 470 g/mol. The van der Waals surface area contributed by atoms with Crippen LogP contribution in [0.15, 0.2) is 60.8 Å². The summed E-state index contributed by atoms with van der Waals surface area (Å²) in [6, 6.07) is 17.4. The number of rotatable bonds is 6. The molecule has 1 fully saturated rings. The van der Waals surface area contributed by atoms with Gasteiger partial charge in [0.25, 0.3) is 0 Å². The van der Waals surface area contributed by atoms with Gasteiger partial charge in [0.1, 0.15) is 17.7 Å². The van der Waals surface area contributed by atoms with Crippen LogP contribution in [0.1, 0.15) is 48.5 Å². The van der Waals surface area contributed by atoms with Crippen LogP contribution in [-0.4, -0.2) is 22.4 Å². The van der Waals surface area contributed by atoms with Crippen LogP contribution >= 0.6 is 0 Å². The summed E-state index contributed by atoms with van der Waals surface area (Å²) < 4.78 is 28.4. The van der Waals surface area contributed by atoms with Gasteiger partial charge in [0.15, 0.2) is 0 Å². The normalized spacial score (nSPS) is 20.6. The Labute approximate surface area is 203 Å². The molecule has 5 nitrogen and oxygen atoms in total. The van der Waals surface area contributed by atoms with Crippen molar-refractivity contribution in [3.8, 4) is 16.9 Å². The van der Waals surface area contributed by atoms with Crippen molar-refractivity contribution in [2.24, 2.45) is 13.0 Å². The van der Waals surface area contributed by atoms with Crippen LogP contribution in [0.2, 0.25) is 0 Å². The van der Waals surface area contributed by atoms with E-state index in [1.807, 2.05) is 67.3 Å². The second kappa shape index (κ2) is 8.52. The fourth-order valence-electron chi connectivity index (χ4n) is 5.53. The summed E-state index contributed by atoms with van der Waals surface area (Å²) in [7, 11) is 1.93. The zero-order valence-corrected chi connectivity index (χ0v) is 19.8. The fraction of sp³-hybridized carbons (Fsp3) is 0.310. The summed E-state index contributed by atoms with van der Waals surface area (Å²) in [5.41, 5.74) is 5.91. The van der Waals surface area contributed by atoms with E-state index in [0.717, 1.165) is 52.4 Å². The maximum absolute atomic E-state index is 15.1. The Balaban J connectivity index is 1.25. The smallest absolute Gasteiger partial charge is 0.309 e. The third-order valence-corrected chi connectivity index (χ3v) is 7.30. The number of nitrogens with zero attached hydrogens (tertiary/aromatic N) is 2. The molecule has 3 atom stereocenters. The first-order valence-corrected chi connectivity index (χ1v) is 12.2. The molecule has 4 aromatic rings. The average molecular weight is 471 g/mol. The number of halogens is 1. The number of esters is 1. The number of aromatic nitrogens is 2. The van der Waals surface area contributed by atoms with E-state index in [4.69, 9.17) is 9.47 Å². The van der Waals surface area contributed by atoms with Crippen LogP contribution in [0.5, 0.6) is 5.75 Å². The molecule has 2 aliphatic rings. The highest BCUT2D eigenvalue weighted by Crippen LogP contribution is 2.49.